The maximum absolute atomic E-state index is 12.9. The number of anilines is 1. The Kier molecular flexibility index (Phi) is 4.89. The van der Waals surface area contributed by atoms with Crippen molar-refractivity contribution in [2.24, 2.45) is 0 Å². The van der Waals surface area contributed by atoms with Crippen LogP contribution in [0.5, 0.6) is 11.5 Å². The predicted octanol–water partition coefficient (Wildman–Crippen LogP) is 2.33. The van der Waals surface area contributed by atoms with Crippen molar-refractivity contribution >= 4 is 23.4 Å². The first-order valence-corrected chi connectivity index (χ1v) is 11.0. The first-order valence-electron chi connectivity index (χ1n) is 11.0. The number of hydrogen-bond acceptors (Lipinski definition) is 6. The van der Waals surface area contributed by atoms with E-state index in [4.69, 9.17) is 9.47 Å². The third kappa shape index (κ3) is 3.43. The molecule has 0 radical (unpaired) electrons. The Morgan fingerprint density at radius 2 is 1.87 bits per heavy atom. The molecule has 2 N–H and O–H groups in total. The number of carbonyl (C=O) groups excluding carboxylic acids is 3. The van der Waals surface area contributed by atoms with Crippen LogP contribution in [0.15, 0.2) is 18.2 Å². The average Bonchev–Trinajstić information content (AvgIpc) is 3.46. The molecule has 3 heterocycles. The van der Waals surface area contributed by atoms with Gasteiger partial charge >= 0.3 is 0 Å². The maximum atomic E-state index is 12.9. The summed E-state index contributed by atoms with van der Waals surface area (Å²) in [6.07, 6.45) is 7.21. The van der Waals surface area contributed by atoms with E-state index in [1.807, 2.05) is 0 Å². The van der Waals surface area contributed by atoms with Crippen LogP contribution in [0.25, 0.3) is 0 Å². The number of imide groups is 1. The van der Waals surface area contributed by atoms with Gasteiger partial charge in [0.25, 0.3) is 5.79 Å². The number of rotatable bonds is 3. The lowest BCUT2D eigenvalue weighted by atomic mass is 9.94. The van der Waals surface area contributed by atoms with Gasteiger partial charge in [0.1, 0.15) is 6.04 Å². The molecule has 3 amide bonds. The van der Waals surface area contributed by atoms with E-state index in [1.54, 1.807) is 18.2 Å². The Balaban J connectivity index is 1.28. The van der Waals surface area contributed by atoms with Crippen molar-refractivity contribution in [1.82, 2.24) is 10.2 Å². The van der Waals surface area contributed by atoms with E-state index < -0.39 is 11.8 Å². The van der Waals surface area contributed by atoms with Crippen molar-refractivity contribution in [1.29, 1.82) is 0 Å². The summed E-state index contributed by atoms with van der Waals surface area (Å²) in [5.41, 5.74) is 0.570. The van der Waals surface area contributed by atoms with Gasteiger partial charge in [-0.05, 0) is 50.8 Å². The Hall–Kier alpha value is -2.61. The first-order chi connectivity index (χ1) is 14.5. The molecule has 4 aliphatic rings. The molecule has 2 saturated heterocycles. The van der Waals surface area contributed by atoms with Gasteiger partial charge in [0.15, 0.2) is 11.5 Å². The van der Waals surface area contributed by atoms with Gasteiger partial charge in [-0.1, -0.05) is 6.42 Å². The molecule has 1 aliphatic carbocycles. The van der Waals surface area contributed by atoms with Gasteiger partial charge in [-0.3, -0.25) is 19.3 Å². The van der Waals surface area contributed by atoms with Crippen LogP contribution in [0.1, 0.15) is 57.8 Å². The number of fused-ring (bicyclic) bond motifs is 1. The second-order valence-corrected chi connectivity index (χ2v) is 8.63. The van der Waals surface area contributed by atoms with Gasteiger partial charge < -0.3 is 20.1 Å². The van der Waals surface area contributed by atoms with Crippen molar-refractivity contribution < 1.29 is 23.9 Å². The maximum Gasteiger partial charge on any atom is 0.251 e. The Labute approximate surface area is 175 Å². The van der Waals surface area contributed by atoms with E-state index >= 15 is 0 Å². The third-order valence-corrected chi connectivity index (χ3v) is 6.53. The van der Waals surface area contributed by atoms with Crippen LogP contribution >= 0.6 is 0 Å². The zero-order valence-electron chi connectivity index (χ0n) is 16.9. The number of hydrogen-bond donors (Lipinski definition) is 2. The molecule has 1 spiro atoms. The second kappa shape index (κ2) is 7.58. The molecule has 2 atom stereocenters. The molecule has 1 saturated carbocycles. The van der Waals surface area contributed by atoms with Gasteiger partial charge in [0.05, 0.1) is 6.04 Å². The molecule has 1 aromatic rings. The molecule has 3 aliphatic heterocycles. The van der Waals surface area contributed by atoms with Crippen LogP contribution < -0.4 is 20.1 Å². The highest BCUT2D eigenvalue weighted by molar-refractivity contribution is 6.07. The highest BCUT2D eigenvalue weighted by Gasteiger charge is 2.44. The minimum Gasteiger partial charge on any atom is -0.448 e. The van der Waals surface area contributed by atoms with Crippen molar-refractivity contribution in [2.45, 2.75) is 75.7 Å². The van der Waals surface area contributed by atoms with E-state index in [2.05, 4.69) is 10.6 Å². The molecule has 5 rings (SSSR count). The van der Waals surface area contributed by atoms with Gasteiger partial charge in [-0.25, -0.2) is 0 Å². The fraction of sp³-hybridized carbons (Fsp3) is 0.591. The Morgan fingerprint density at radius 3 is 2.63 bits per heavy atom. The van der Waals surface area contributed by atoms with Gasteiger partial charge in [-0.15, -0.1) is 0 Å². The number of ether oxygens (including phenoxy) is 2. The van der Waals surface area contributed by atoms with Crippen molar-refractivity contribution in [3.05, 3.63) is 18.2 Å². The number of nitrogens with one attached hydrogen (secondary N) is 2. The molecule has 0 bridgehead atoms. The molecular formula is C22H27N3O5. The molecule has 30 heavy (non-hydrogen) atoms. The molecule has 8 nitrogen and oxygen atoms in total. The van der Waals surface area contributed by atoms with Crippen LogP contribution in [-0.2, 0) is 14.4 Å². The molecule has 1 aromatic carbocycles. The molecule has 3 fully saturated rings. The van der Waals surface area contributed by atoms with Crippen LogP contribution in [0.2, 0.25) is 0 Å². The topological polar surface area (TPSA) is 97.0 Å². The highest BCUT2D eigenvalue weighted by atomic mass is 16.7. The Bertz CT molecular complexity index is 874. The number of amides is 3. The lowest BCUT2D eigenvalue weighted by Crippen LogP contribution is -2.51. The molecule has 0 aromatic heterocycles. The summed E-state index contributed by atoms with van der Waals surface area (Å²) in [5, 5.41) is 5.97. The van der Waals surface area contributed by atoms with E-state index in [0.29, 0.717) is 30.0 Å². The summed E-state index contributed by atoms with van der Waals surface area (Å²) < 4.78 is 12.2. The monoisotopic (exact) mass is 413 g/mol. The minimum atomic E-state index is -0.775. The standard InChI is InChI=1S/C22H27N3O5/c26-19-9-7-16(25(19)21(28)15-5-4-12-23-15)20(27)24-14-6-8-17-18(13-14)30-22(29-17)10-2-1-3-11-22/h6,8,13,15-16,23H,1-5,7,9-12H2,(H,24,27). The van der Waals surface area contributed by atoms with Crippen LogP contribution in [-0.4, -0.2) is 47.0 Å². The minimum absolute atomic E-state index is 0.209. The van der Waals surface area contributed by atoms with Crippen LogP contribution in [0.4, 0.5) is 5.69 Å². The smallest absolute Gasteiger partial charge is 0.251 e. The lowest BCUT2D eigenvalue weighted by molar-refractivity contribution is -0.147. The summed E-state index contributed by atoms with van der Waals surface area (Å²) >= 11 is 0. The first kappa shape index (κ1) is 19.4. The number of likely N-dealkylation sites (tertiary alicyclic amines) is 1. The quantitative estimate of drug-likeness (QED) is 0.739. The van der Waals surface area contributed by atoms with E-state index in [1.165, 1.54) is 6.42 Å². The predicted molar refractivity (Wildman–Crippen MR) is 108 cm³/mol. The summed E-state index contributed by atoms with van der Waals surface area (Å²) in [4.78, 5) is 39.2. The molecule has 2 unspecified atom stereocenters. The average molecular weight is 413 g/mol. The number of nitrogens with zero attached hydrogens (tertiary/aromatic N) is 1. The normalized spacial score (nSPS) is 26.9. The van der Waals surface area contributed by atoms with E-state index in [0.717, 1.165) is 43.5 Å². The molecular weight excluding hydrogens is 386 g/mol. The summed E-state index contributed by atoms with van der Waals surface area (Å²) in [6, 6.07) is 4.18. The largest absolute Gasteiger partial charge is 0.448 e. The molecule has 160 valence electrons. The van der Waals surface area contributed by atoms with E-state index in [9.17, 15) is 14.4 Å². The highest BCUT2D eigenvalue weighted by Crippen LogP contribution is 2.46. The fourth-order valence-electron chi connectivity index (χ4n) is 4.96. The zero-order chi connectivity index (χ0) is 20.7. The zero-order valence-corrected chi connectivity index (χ0v) is 16.9. The third-order valence-electron chi connectivity index (χ3n) is 6.53. The second-order valence-electron chi connectivity index (χ2n) is 8.63. The van der Waals surface area contributed by atoms with Gasteiger partial charge in [0.2, 0.25) is 17.7 Å². The van der Waals surface area contributed by atoms with Crippen LogP contribution in [0, 0.1) is 0 Å². The van der Waals surface area contributed by atoms with Crippen LogP contribution in [0.3, 0.4) is 0 Å². The van der Waals surface area contributed by atoms with Crippen molar-refractivity contribution in [3.63, 3.8) is 0 Å². The summed E-state index contributed by atoms with van der Waals surface area (Å²) in [6.45, 7) is 0.758. The SMILES string of the molecule is O=C(Nc1ccc2c(c1)OC1(CCCCC1)O2)C1CCC(=O)N1C(=O)C1CCCN1. The van der Waals surface area contributed by atoms with Crippen molar-refractivity contribution in [2.75, 3.05) is 11.9 Å². The molecule has 8 heteroatoms. The van der Waals surface area contributed by atoms with Gasteiger partial charge in [-0.2, -0.15) is 0 Å². The van der Waals surface area contributed by atoms with Crippen molar-refractivity contribution in [3.8, 4) is 11.5 Å². The van der Waals surface area contributed by atoms with E-state index in [-0.39, 0.29) is 30.2 Å². The summed E-state index contributed by atoms with van der Waals surface area (Å²) in [7, 11) is 0. The summed E-state index contributed by atoms with van der Waals surface area (Å²) in [5.74, 6) is -0.175. The number of benzene rings is 1. The number of carbonyl (C=O) groups is 3. The fourth-order valence-corrected chi connectivity index (χ4v) is 4.96. The lowest BCUT2D eigenvalue weighted by Gasteiger charge is -2.31. The van der Waals surface area contributed by atoms with Gasteiger partial charge in [0, 0.05) is 31.0 Å². The Morgan fingerprint density at radius 1 is 1.07 bits per heavy atom.